The average Bonchev–Trinajstić information content (AvgIpc) is 3.17. The molecule has 4 rings (SSSR count). The number of oxime groups is 1. The Balaban J connectivity index is 1.28. The van der Waals surface area contributed by atoms with Gasteiger partial charge in [-0.15, -0.1) is 0 Å². The lowest BCUT2D eigenvalue weighted by Crippen LogP contribution is -2.40. The number of hydrogen-bond donors (Lipinski definition) is 0. The van der Waals surface area contributed by atoms with E-state index < -0.39 is 0 Å². The predicted octanol–water partition coefficient (Wildman–Crippen LogP) is 2.72. The molecule has 2 aliphatic heterocycles. The van der Waals surface area contributed by atoms with Crippen molar-refractivity contribution in [2.45, 2.75) is 51.2 Å². The minimum absolute atomic E-state index is 0.280. The molecule has 1 fully saturated rings. The quantitative estimate of drug-likeness (QED) is 0.851. The van der Waals surface area contributed by atoms with Crippen LogP contribution >= 0.6 is 0 Å². The smallest absolute Gasteiger partial charge is 0.145 e. The Morgan fingerprint density at radius 3 is 2.54 bits per heavy atom. The van der Waals surface area contributed by atoms with Crippen LogP contribution in [0, 0.1) is 0 Å². The van der Waals surface area contributed by atoms with Crippen molar-refractivity contribution in [2.24, 2.45) is 5.16 Å². The van der Waals surface area contributed by atoms with E-state index in [-0.39, 0.29) is 6.10 Å². The standard InChI is InChI=1S/C20H29N3O/c1-2-18-14-20(24-21-18)15-22-8-5-9-23(11-10-22)19-12-16-6-3-4-7-17(16)13-19/h3-4,6-7,19-20H,2,5,8-15H2,1H3/t20-/m1/s1. The highest BCUT2D eigenvalue weighted by Gasteiger charge is 2.29. The third kappa shape index (κ3) is 3.50. The second kappa shape index (κ2) is 7.24. The number of rotatable bonds is 4. The molecule has 4 nitrogen and oxygen atoms in total. The maximum absolute atomic E-state index is 5.60. The summed E-state index contributed by atoms with van der Waals surface area (Å²) in [4.78, 5) is 10.9. The largest absolute Gasteiger partial charge is 0.391 e. The molecule has 0 unspecified atom stereocenters. The zero-order valence-corrected chi connectivity index (χ0v) is 14.8. The Bertz CT molecular complexity index is 575. The van der Waals surface area contributed by atoms with Crippen LogP contribution in [0.25, 0.3) is 0 Å². The predicted molar refractivity (Wildman–Crippen MR) is 97.5 cm³/mol. The van der Waals surface area contributed by atoms with Gasteiger partial charge in [0.05, 0.1) is 5.71 Å². The summed E-state index contributed by atoms with van der Waals surface area (Å²) < 4.78 is 0. The van der Waals surface area contributed by atoms with Crippen LogP contribution in [0.3, 0.4) is 0 Å². The Hall–Kier alpha value is -1.39. The van der Waals surface area contributed by atoms with Crippen LogP contribution in [-0.2, 0) is 17.7 Å². The second-order valence-electron chi connectivity index (χ2n) is 7.46. The molecule has 3 aliphatic rings. The molecule has 4 heteroatoms. The van der Waals surface area contributed by atoms with Gasteiger partial charge in [-0.05, 0) is 49.9 Å². The summed E-state index contributed by atoms with van der Waals surface area (Å²) in [5.41, 5.74) is 4.35. The first kappa shape index (κ1) is 16.1. The highest BCUT2D eigenvalue weighted by atomic mass is 16.6. The molecule has 1 saturated heterocycles. The molecule has 1 atom stereocenters. The zero-order valence-electron chi connectivity index (χ0n) is 14.8. The van der Waals surface area contributed by atoms with Crippen molar-refractivity contribution in [3.05, 3.63) is 35.4 Å². The van der Waals surface area contributed by atoms with Gasteiger partial charge in [0.15, 0.2) is 0 Å². The Morgan fingerprint density at radius 2 is 1.83 bits per heavy atom. The first-order valence-corrected chi connectivity index (χ1v) is 9.56. The van der Waals surface area contributed by atoms with Gasteiger partial charge in [-0.2, -0.15) is 0 Å². The van der Waals surface area contributed by atoms with E-state index in [1.165, 1.54) is 44.6 Å². The topological polar surface area (TPSA) is 28.1 Å². The van der Waals surface area contributed by atoms with Gasteiger partial charge in [-0.25, -0.2) is 0 Å². The van der Waals surface area contributed by atoms with Gasteiger partial charge in [0.2, 0.25) is 0 Å². The first-order valence-electron chi connectivity index (χ1n) is 9.56. The molecule has 0 amide bonds. The molecule has 0 saturated carbocycles. The summed E-state index contributed by atoms with van der Waals surface area (Å²) in [5.74, 6) is 0. The molecular weight excluding hydrogens is 298 g/mol. The molecule has 2 heterocycles. The van der Waals surface area contributed by atoms with Crippen molar-refractivity contribution in [3.63, 3.8) is 0 Å². The molecule has 0 radical (unpaired) electrons. The van der Waals surface area contributed by atoms with Crippen molar-refractivity contribution in [1.29, 1.82) is 0 Å². The van der Waals surface area contributed by atoms with E-state index in [1.807, 2.05) is 0 Å². The summed E-state index contributed by atoms with van der Waals surface area (Å²) in [6.07, 6.45) is 6.05. The third-order valence-electron chi connectivity index (χ3n) is 5.83. The monoisotopic (exact) mass is 327 g/mol. The van der Waals surface area contributed by atoms with Crippen LogP contribution in [0.5, 0.6) is 0 Å². The SMILES string of the molecule is CCC1=NO[C@@H](CN2CCCN(C3Cc4ccccc4C3)CC2)C1. The normalized spacial score (nSPS) is 26.0. The fourth-order valence-electron chi connectivity index (χ4n) is 4.41. The third-order valence-corrected chi connectivity index (χ3v) is 5.83. The van der Waals surface area contributed by atoms with Crippen LogP contribution in [-0.4, -0.2) is 60.4 Å². The highest BCUT2D eigenvalue weighted by Crippen LogP contribution is 2.26. The van der Waals surface area contributed by atoms with E-state index in [2.05, 4.69) is 46.1 Å². The van der Waals surface area contributed by atoms with Crippen molar-refractivity contribution in [3.8, 4) is 0 Å². The number of hydrogen-bond acceptors (Lipinski definition) is 4. The van der Waals surface area contributed by atoms with Crippen molar-refractivity contribution in [1.82, 2.24) is 9.80 Å². The van der Waals surface area contributed by atoms with E-state index >= 15 is 0 Å². The van der Waals surface area contributed by atoms with Crippen LogP contribution < -0.4 is 0 Å². The minimum atomic E-state index is 0.280. The van der Waals surface area contributed by atoms with Gasteiger partial charge in [0.1, 0.15) is 6.10 Å². The molecule has 130 valence electrons. The van der Waals surface area contributed by atoms with Crippen molar-refractivity contribution in [2.75, 3.05) is 32.7 Å². The van der Waals surface area contributed by atoms with Crippen LogP contribution in [0.15, 0.2) is 29.4 Å². The molecule has 24 heavy (non-hydrogen) atoms. The Labute approximate surface area is 145 Å². The molecule has 0 aromatic heterocycles. The van der Waals surface area contributed by atoms with Crippen molar-refractivity contribution < 1.29 is 4.84 Å². The summed E-state index contributed by atoms with van der Waals surface area (Å²) in [7, 11) is 0. The Morgan fingerprint density at radius 1 is 1.04 bits per heavy atom. The van der Waals surface area contributed by atoms with E-state index in [9.17, 15) is 0 Å². The number of benzene rings is 1. The van der Waals surface area contributed by atoms with Gasteiger partial charge < -0.3 is 4.84 Å². The lowest BCUT2D eigenvalue weighted by atomic mass is 10.1. The molecule has 0 spiro atoms. The second-order valence-corrected chi connectivity index (χ2v) is 7.46. The number of nitrogens with zero attached hydrogens (tertiary/aromatic N) is 3. The molecule has 1 aromatic rings. The fourth-order valence-corrected chi connectivity index (χ4v) is 4.41. The van der Waals surface area contributed by atoms with Crippen LogP contribution in [0.4, 0.5) is 0 Å². The maximum atomic E-state index is 5.60. The first-order chi connectivity index (χ1) is 11.8. The van der Waals surface area contributed by atoms with E-state index in [0.717, 1.165) is 25.9 Å². The molecule has 1 aromatic carbocycles. The van der Waals surface area contributed by atoms with Crippen LogP contribution in [0.2, 0.25) is 0 Å². The fraction of sp³-hybridized carbons (Fsp3) is 0.650. The van der Waals surface area contributed by atoms with E-state index in [1.54, 1.807) is 11.1 Å². The number of fused-ring (bicyclic) bond motifs is 1. The lowest BCUT2D eigenvalue weighted by Gasteiger charge is -2.27. The summed E-state index contributed by atoms with van der Waals surface area (Å²) in [5, 5.41) is 4.21. The van der Waals surface area contributed by atoms with Crippen LogP contribution in [0.1, 0.15) is 37.3 Å². The van der Waals surface area contributed by atoms with Gasteiger partial charge in [0.25, 0.3) is 0 Å². The maximum Gasteiger partial charge on any atom is 0.145 e. The molecule has 0 N–H and O–H groups in total. The minimum Gasteiger partial charge on any atom is -0.391 e. The van der Waals surface area contributed by atoms with Gasteiger partial charge in [0, 0.05) is 32.1 Å². The van der Waals surface area contributed by atoms with E-state index in [0.29, 0.717) is 6.04 Å². The average molecular weight is 327 g/mol. The van der Waals surface area contributed by atoms with Crippen molar-refractivity contribution >= 4 is 5.71 Å². The lowest BCUT2D eigenvalue weighted by molar-refractivity contribution is 0.0531. The summed E-state index contributed by atoms with van der Waals surface area (Å²) in [6.45, 7) is 7.97. The molecule has 0 bridgehead atoms. The summed E-state index contributed by atoms with van der Waals surface area (Å²) in [6, 6.07) is 9.68. The Kier molecular flexibility index (Phi) is 4.86. The van der Waals surface area contributed by atoms with Gasteiger partial charge in [-0.3, -0.25) is 9.80 Å². The van der Waals surface area contributed by atoms with Gasteiger partial charge >= 0.3 is 0 Å². The highest BCUT2D eigenvalue weighted by molar-refractivity contribution is 5.85. The summed E-state index contributed by atoms with van der Waals surface area (Å²) >= 11 is 0. The molecule has 1 aliphatic carbocycles. The van der Waals surface area contributed by atoms with Gasteiger partial charge in [-0.1, -0.05) is 36.3 Å². The molecular formula is C20H29N3O. The van der Waals surface area contributed by atoms with E-state index in [4.69, 9.17) is 4.84 Å². The zero-order chi connectivity index (χ0) is 16.4.